The van der Waals surface area contributed by atoms with Crippen molar-refractivity contribution in [3.8, 4) is 0 Å². The Kier molecular flexibility index (Phi) is 8.83. The summed E-state index contributed by atoms with van der Waals surface area (Å²) >= 11 is 0. The number of allylic oxidation sites excluding steroid dienone is 4. The first-order chi connectivity index (χ1) is 8.65. The van der Waals surface area contributed by atoms with Crippen LogP contribution in [0.15, 0.2) is 73.9 Å². The second-order valence-corrected chi connectivity index (χ2v) is 3.59. The Morgan fingerprint density at radius 3 is 2.11 bits per heavy atom. The van der Waals surface area contributed by atoms with Crippen LogP contribution in [-0.4, -0.2) is 5.78 Å². The van der Waals surface area contributed by atoms with Crippen molar-refractivity contribution in [2.24, 2.45) is 0 Å². The maximum Gasteiger partial charge on any atom is 0.156 e. The molecule has 0 amide bonds. The van der Waals surface area contributed by atoms with E-state index in [0.29, 0.717) is 6.42 Å². The van der Waals surface area contributed by atoms with E-state index >= 15 is 0 Å². The van der Waals surface area contributed by atoms with Gasteiger partial charge in [0.2, 0.25) is 0 Å². The van der Waals surface area contributed by atoms with Gasteiger partial charge in [0.05, 0.1) is 0 Å². The number of benzene rings is 1. The molecule has 0 unspecified atom stereocenters. The second kappa shape index (κ2) is 10.0. The van der Waals surface area contributed by atoms with Crippen molar-refractivity contribution in [2.45, 2.75) is 13.3 Å². The molecule has 0 aliphatic carbocycles. The van der Waals surface area contributed by atoms with E-state index in [9.17, 15) is 4.79 Å². The van der Waals surface area contributed by atoms with Crippen LogP contribution < -0.4 is 0 Å². The number of Topliss-reactive ketones (excluding diaryl/α,β-unsaturated/α-hetero) is 1. The normalized spacial score (nSPS) is 9.72. The summed E-state index contributed by atoms with van der Waals surface area (Å²) in [5.41, 5.74) is 1.93. The molecular weight excluding hydrogens is 220 g/mol. The molecule has 1 rings (SSSR count). The van der Waals surface area contributed by atoms with E-state index in [4.69, 9.17) is 0 Å². The minimum Gasteiger partial charge on any atom is -0.295 e. The quantitative estimate of drug-likeness (QED) is 0.418. The lowest BCUT2D eigenvalue weighted by Gasteiger charge is -1.94. The van der Waals surface area contributed by atoms with Crippen molar-refractivity contribution in [2.75, 3.05) is 0 Å². The maximum absolute atomic E-state index is 10.8. The summed E-state index contributed by atoms with van der Waals surface area (Å²) < 4.78 is 0. The second-order valence-electron chi connectivity index (χ2n) is 3.59. The van der Waals surface area contributed by atoms with E-state index in [2.05, 4.69) is 19.7 Å². The van der Waals surface area contributed by atoms with Gasteiger partial charge in [-0.05, 0) is 24.5 Å². The number of ketones is 1. The minimum absolute atomic E-state index is 0.0831. The third-order valence-corrected chi connectivity index (χ3v) is 2.17. The fourth-order valence-corrected chi connectivity index (χ4v) is 1.22. The summed E-state index contributed by atoms with van der Waals surface area (Å²) in [6.45, 7) is 12.2. The van der Waals surface area contributed by atoms with Crippen LogP contribution in [-0.2, 0) is 4.79 Å². The van der Waals surface area contributed by atoms with Crippen molar-refractivity contribution in [3.63, 3.8) is 0 Å². The zero-order valence-corrected chi connectivity index (χ0v) is 10.9. The third-order valence-electron chi connectivity index (χ3n) is 2.17. The van der Waals surface area contributed by atoms with Gasteiger partial charge in [-0.25, -0.2) is 0 Å². The molecule has 18 heavy (non-hydrogen) atoms. The molecule has 0 saturated carbocycles. The molecule has 0 spiro atoms. The molecule has 1 nitrogen and oxygen atoms in total. The van der Waals surface area contributed by atoms with Crippen LogP contribution in [0.25, 0.3) is 6.08 Å². The zero-order valence-electron chi connectivity index (χ0n) is 10.9. The topological polar surface area (TPSA) is 17.1 Å². The average molecular weight is 240 g/mol. The Labute approximate surface area is 110 Å². The van der Waals surface area contributed by atoms with Crippen LogP contribution in [0.5, 0.6) is 0 Å². The summed E-state index contributed by atoms with van der Waals surface area (Å²) in [5.74, 6) is 0.0831. The molecule has 1 heteroatoms. The Morgan fingerprint density at radius 2 is 1.78 bits per heavy atom. The summed E-state index contributed by atoms with van der Waals surface area (Å²) in [6.07, 6.45) is 7.49. The molecule has 0 bridgehead atoms. The summed E-state index contributed by atoms with van der Waals surface area (Å²) in [5, 5.41) is 0. The highest BCUT2D eigenvalue weighted by molar-refractivity contribution is 5.93. The van der Waals surface area contributed by atoms with Gasteiger partial charge in [-0.2, -0.15) is 0 Å². The summed E-state index contributed by atoms with van der Waals surface area (Å²) in [6, 6.07) is 10.0. The van der Waals surface area contributed by atoms with E-state index in [1.807, 2.05) is 36.4 Å². The monoisotopic (exact) mass is 240 g/mol. The van der Waals surface area contributed by atoms with Crippen LogP contribution in [0.1, 0.15) is 18.9 Å². The number of hydrogen-bond donors (Lipinski definition) is 0. The van der Waals surface area contributed by atoms with Gasteiger partial charge in [0.1, 0.15) is 0 Å². The molecule has 0 fully saturated rings. The minimum atomic E-state index is 0.0831. The van der Waals surface area contributed by atoms with Crippen molar-refractivity contribution in [1.29, 1.82) is 0 Å². The number of hydrogen-bond acceptors (Lipinski definition) is 1. The van der Waals surface area contributed by atoms with Crippen molar-refractivity contribution >= 4 is 11.9 Å². The van der Waals surface area contributed by atoms with Gasteiger partial charge >= 0.3 is 0 Å². The molecule has 1 aromatic carbocycles. The number of carbonyl (C=O) groups excluding carboxylic acids is 1. The highest BCUT2D eigenvalue weighted by Gasteiger charge is 1.97. The average Bonchev–Trinajstić information content (AvgIpc) is 2.40. The van der Waals surface area contributed by atoms with Gasteiger partial charge in [0, 0.05) is 0 Å². The molecule has 0 N–H and O–H groups in total. The van der Waals surface area contributed by atoms with E-state index in [0.717, 1.165) is 5.57 Å². The number of rotatable bonds is 5. The Balaban J connectivity index is 0.000000327. The van der Waals surface area contributed by atoms with Gasteiger partial charge in [0.15, 0.2) is 5.78 Å². The van der Waals surface area contributed by atoms with Gasteiger partial charge in [0.25, 0.3) is 0 Å². The van der Waals surface area contributed by atoms with Crippen LogP contribution in [0.3, 0.4) is 0 Å². The van der Waals surface area contributed by atoms with E-state index in [1.165, 1.54) is 5.56 Å². The third kappa shape index (κ3) is 7.18. The summed E-state index contributed by atoms with van der Waals surface area (Å²) in [7, 11) is 0. The fraction of sp³-hybridized carbons (Fsp3) is 0.118. The molecule has 0 aromatic heterocycles. The predicted molar refractivity (Wildman–Crippen MR) is 80.3 cm³/mol. The first kappa shape index (κ1) is 15.9. The molecule has 0 saturated heterocycles. The van der Waals surface area contributed by atoms with E-state index in [1.54, 1.807) is 25.2 Å². The van der Waals surface area contributed by atoms with Crippen LogP contribution in [0.2, 0.25) is 0 Å². The Hall–Kier alpha value is -2.15. The predicted octanol–water partition coefficient (Wildman–Crippen LogP) is 4.59. The molecule has 94 valence electrons. The van der Waals surface area contributed by atoms with Crippen LogP contribution in [0, 0.1) is 0 Å². The highest BCUT2D eigenvalue weighted by Crippen LogP contribution is 2.02. The van der Waals surface area contributed by atoms with Gasteiger partial charge in [-0.1, -0.05) is 67.8 Å². The van der Waals surface area contributed by atoms with Crippen LogP contribution >= 0.6 is 0 Å². The van der Waals surface area contributed by atoms with Gasteiger partial charge in [-0.3, -0.25) is 4.79 Å². The molecule has 0 atom stereocenters. The lowest BCUT2D eigenvalue weighted by Crippen LogP contribution is -1.93. The van der Waals surface area contributed by atoms with Crippen molar-refractivity contribution in [1.82, 2.24) is 0 Å². The van der Waals surface area contributed by atoms with Gasteiger partial charge in [-0.15, -0.1) is 6.58 Å². The smallest absolute Gasteiger partial charge is 0.156 e. The summed E-state index contributed by atoms with van der Waals surface area (Å²) in [4.78, 5) is 10.8. The molecule has 0 aliphatic rings. The largest absolute Gasteiger partial charge is 0.295 e. The molecule has 0 heterocycles. The SMILES string of the molecule is C=CC=C(CC=C)C(C)=O.C=Cc1ccccc1. The molecule has 0 radical (unpaired) electrons. The fourth-order valence-electron chi connectivity index (χ4n) is 1.22. The molecular formula is C17H20O. The van der Waals surface area contributed by atoms with E-state index < -0.39 is 0 Å². The molecule has 0 aliphatic heterocycles. The first-order valence-corrected chi connectivity index (χ1v) is 5.76. The van der Waals surface area contributed by atoms with Crippen LogP contribution in [0.4, 0.5) is 0 Å². The zero-order chi connectivity index (χ0) is 13.8. The van der Waals surface area contributed by atoms with E-state index in [-0.39, 0.29) is 5.78 Å². The molecule has 1 aromatic rings. The van der Waals surface area contributed by atoms with Crippen molar-refractivity contribution < 1.29 is 4.79 Å². The lowest BCUT2D eigenvalue weighted by atomic mass is 10.1. The standard InChI is InChI=1S/C9H12O.C8H8/c1-4-6-9(7-5-2)8(3)10;1-2-8-6-4-3-5-7-8/h4-6H,1-2,7H2,3H3;2-7H,1H2. The Morgan fingerprint density at radius 1 is 1.17 bits per heavy atom. The number of carbonyl (C=O) groups is 1. The maximum atomic E-state index is 10.8. The highest BCUT2D eigenvalue weighted by atomic mass is 16.1. The first-order valence-electron chi connectivity index (χ1n) is 5.76. The Bertz CT molecular complexity index is 424. The van der Waals surface area contributed by atoms with Crippen molar-refractivity contribution in [3.05, 3.63) is 79.4 Å². The van der Waals surface area contributed by atoms with Gasteiger partial charge < -0.3 is 0 Å². The lowest BCUT2D eigenvalue weighted by molar-refractivity contribution is -0.113.